The fraction of sp³-hybridized carbons (Fsp3) is 0.556. The zero-order valence-electron chi connectivity index (χ0n) is 14.4. The Kier molecular flexibility index (Phi) is 5.08. The third-order valence-electron chi connectivity index (χ3n) is 4.51. The lowest BCUT2D eigenvalue weighted by atomic mass is 10.1. The summed E-state index contributed by atoms with van der Waals surface area (Å²) in [7, 11) is 0. The third kappa shape index (κ3) is 4.39. The topological polar surface area (TPSA) is 45.4 Å². The van der Waals surface area contributed by atoms with Gasteiger partial charge < -0.3 is 4.52 Å². The first-order valence-corrected chi connectivity index (χ1v) is 8.40. The minimum atomic E-state index is 0.645. The summed E-state index contributed by atoms with van der Waals surface area (Å²) in [6.07, 6.45) is 1.18. The highest BCUT2D eigenvalue weighted by molar-refractivity contribution is 5.30. The van der Waals surface area contributed by atoms with Crippen molar-refractivity contribution in [3.05, 3.63) is 46.6 Å². The second kappa shape index (κ2) is 7.23. The summed E-state index contributed by atoms with van der Waals surface area (Å²) >= 11 is 0. The van der Waals surface area contributed by atoms with Crippen LogP contribution in [0.1, 0.15) is 34.8 Å². The van der Waals surface area contributed by atoms with Gasteiger partial charge in [-0.3, -0.25) is 9.80 Å². The van der Waals surface area contributed by atoms with E-state index in [0.29, 0.717) is 5.89 Å². The van der Waals surface area contributed by atoms with Crippen molar-refractivity contribution in [3.8, 4) is 0 Å². The summed E-state index contributed by atoms with van der Waals surface area (Å²) in [6, 6.07) is 6.76. The Balaban J connectivity index is 1.55. The fourth-order valence-corrected chi connectivity index (χ4v) is 3.21. The predicted octanol–water partition coefficient (Wildman–Crippen LogP) is 2.70. The van der Waals surface area contributed by atoms with Gasteiger partial charge in [0.25, 0.3) is 0 Å². The number of hydrogen-bond acceptors (Lipinski definition) is 5. The van der Waals surface area contributed by atoms with E-state index in [1.165, 1.54) is 23.1 Å². The Labute approximate surface area is 138 Å². The minimum Gasteiger partial charge on any atom is -0.340 e. The van der Waals surface area contributed by atoms with Crippen LogP contribution in [-0.4, -0.2) is 46.1 Å². The molecule has 124 valence electrons. The predicted molar refractivity (Wildman–Crippen MR) is 90.1 cm³/mol. The number of rotatable bonds is 4. The first-order valence-electron chi connectivity index (χ1n) is 8.40. The van der Waals surface area contributed by atoms with Crippen molar-refractivity contribution in [1.29, 1.82) is 0 Å². The normalized spacial score (nSPS) is 17.3. The lowest BCUT2D eigenvalue weighted by molar-refractivity contribution is 0.241. The van der Waals surface area contributed by atoms with Crippen molar-refractivity contribution in [1.82, 2.24) is 19.9 Å². The molecule has 0 amide bonds. The Morgan fingerprint density at radius 2 is 1.74 bits per heavy atom. The third-order valence-corrected chi connectivity index (χ3v) is 4.51. The van der Waals surface area contributed by atoms with Crippen LogP contribution in [0.2, 0.25) is 0 Å². The highest BCUT2D eigenvalue weighted by atomic mass is 16.5. The molecular weight excluding hydrogens is 288 g/mol. The lowest BCUT2D eigenvalue weighted by Crippen LogP contribution is -2.30. The summed E-state index contributed by atoms with van der Waals surface area (Å²) in [4.78, 5) is 9.29. The van der Waals surface area contributed by atoms with Crippen molar-refractivity contribution in [2.24, 2.45) is 0 Å². The molecule has 0 unspecified atom stereocenters. The summed E-state index contributed by atoms with van der Waals surface area (Å²) in [5.74, 6) is 1.44. The molecule has 0 saturated carbocycles. The quantitative estimate of drug-likeness (QED) is 0.868. The second-order valence-corrected chi connectivity index (χ2v) is 6.57. The van der Waals surface area contributed by atoms with E-state index in [1.807, 2.05) is 6.92 Å². The van der Waals surface area contributed by atoms with E-state index >= 15 is 0 Å². The molecule has 23 heavy (non-hydrogen) atoms. The molecule has 0 radical (unpaired) electrons. The van der Waals surface area contributed by atoms with E-state index in [1.54, 1.807) is 0 Å². The Morgan fingerprint density at radius 1 is 1.00 bits per heavy atom. The molecule has 2 aromatic rings. The summed E-state index contributed by atoms with van der Waals surface area (Å²) < 4.78 is 5.06. The van der Waals surface area contributed by atoms with E-state index in [4.69, 9.17) is 4.52 Å². The maximum atomic E-state index is 5.06. The second-order valence-electron chi connectivity index (χ2n) is 6.57. The van der Waals surface area contributed by atoms with Crippen molar-refractivity contribution >= 4 is 0 Å². The van der Waals surface area contributed by atoms with Crippen LogP contribution in [-0.2, 0) is 13.1 Å². The number of nitrogens with zero attached hydrogens (tertiary/aromatic N) is 4. The van der Waals surface area contributed by atoms with Crippen LogP contribution < -0.4 is 0 Å². The largest absolute Gasteiger partial charge is 0.340 e. The zero-order valence-corrected chi connectivity index (χ0v) is 14.4. The number of hydrogen-bond donors (Lipinski definition) is 0. The monoisotopic (exact) mass is 314 g/mol. The zero-order chi connectivity index (χ0) is 16.2. The molecule has 5 nitrogen and oxygen atoms in total. The van der Waals surface area contributed by atoms with Gasteiger partial charge in [-0.25, -0.2) is 0 Å². The molecule has 0 aliphatic carbocycles. The van der Waals surface area contributed by atoms with Gasteiger partial charge in [-0.05, 0) is 44.5 Å². The van der Waals surface area contributed by atoms with Gasteiger partial charge in [0.15, 0.2) is 5.82 Å². The van der Waals surface area contributed by atoms with Gasteiger partial charge in [0.1, 0.15) is 0 Å². The van der Waals surface area contributed by atoms with Crippen LogP contribution in [0.25, 0.3) is 0 Å². The first-order chi connectivity index (χ1) is 11.1. The molecule has 1 fully saturated rings. The Hall–Kier alpha value is -1.72. The molecule has 1 aromatic heterocycles. The average Bonchev–Trinajstić information content (AvgIpc) is 2.78. The fourth-order valence-electron chi connectivity index (χ4n) is 3.21. The van der Waals surface area contributed by atoms with Crippen LogP contribution in [0.15, 0.2) is 22.7 Å². The molecule has 1 aromatic carbocycles. The smallest absolute Gasteiger partial charge is 0.223 e. The molecular formula is C18H26N4O. The van der Waals surface area contributed by atoms with Crippen LogP contribution in [0.5, 0.6) is 0 Å². The molecule has 2 heterocycles. The Morgan fingerprint density at radius 3 is 2.39 bits per heavy atom. The highest BCUT2D eigenvalue weighted by Gasteiger charge is 2.17. The summed E-state index contributed by atoms with van der Waals surface area (Å²) in [5, 5.41) is 4.01. The molecule has 3 rings (SSSR count). The number of aryl methyl sites for hydroxylation is 3. The molecule has 1 aliphatic heterocycles. The van der Waals surface area contributed by atoms with Gasteiger partial charge in [-0.1, -0.05) is 28.9 Å². The van der Waals surface area contributed by atoms with Gasteiger partial charge in [0, 0.05) is 26.6 Å². The molecule has 5 heteroatoms. The van der Waals surface area contributed by atoms with Crippen molar-refractivity contribution in [2.75, 3.05) is 26.2 Å². The molecule has 0 spiro atoms. The van der Waals surface area contributed by atoms with Crippen LogP contribution in [0, 0.1) is 20.8 Å². The lowest BCUT2D eigenvalue weighted by Gasteiger charge is -2.22. The highest BCUT2D eigenvalue weighted by Crippen LogP contribution is 2.15. The van der Waals surface area contributed by atoms with E-state index in [9.17, 15) is 0 Å². The summed E-state index contributed by atoms with van der Waals surface area (Å²) in [5.41, 5.74) is 4.18. The molecule has 0 bridgehead atoms. The van der Waals surface area contributed by atoms with E-state index in [2.05, 4.69) is 52.0 Å². The van der Waals surface area contributed by atoms with Crippen LogP contribution >= 0.6 is 0 Å². The van der Waals surface area contributed by atoms with Crippen molar-refractivity contribution in [3.63, 3.8) is 0 Å². The van der Waals surface area contributed by atoms with Gasteiger partial charge in [0.05, 0.1) is 6.54 Å². The summed E-state index contributed by atoms with van der Waals surface area (Å²) in [6.45, 7) is 12.4. The van der Waals surface area contributed by atoms with Gasteiger partial charge in [-0.15, -0.1) is 0 Å². The number of aromatic nitrogens is 2. The van der Waals surface area contributed by atoms with Crippen LogP contribution in [0.3, 0.4) is 0 Å². The van der Waals surface area contributed by atoms with Crippen LogP contribution in [0.4, 0.5) is 0 Å². The van der Waals surface area contributed by atoms with E-state index in [-0.39, 0.29) is 0 Å². The minimum absolute atomic E-state index is 0.645. The number of benzene rings is 1. The van der Waals surface area contributed by atoms with E-state index in [0.717, 1.165) is 45.1 Å². The Bertz CT molecular complexity index is 652. The van der Waals surface area contributed by atoms with Crippen molar-refractivity contribution in [2.45, 2.75) is 40.3 Å². The molecule has 0 N–H and O–H groups in total. The van der Waals surface area contributed by atoms with E-state index < -0.39 is 0 Å². The standard InChI is InChI=1S/C18H26N4O/c1-14-5-6-17(15(2)11-14)12-21-7-4-8-22(10-9-21)13-18-19-16(3)23-20-18/h5-6,11H,4,7-10,12-13H2,1-3H3. The molecule has 0 atom stereocenters. The van der Waals surface area contributed by atoms with Gasteiger partial charge >= 0.3 is 0 Å². The van der Waals surface area contributed by atoms with Gasteiger partial charge in [0.2, 0.25) is 5.89 Å². The maximum Gasteiger partial charge on any atom is 0.223 e. The van der Waals surface area contributed by atoms with Crippen molar-refractivity contribution < 1.29 is 4.52 Å². The SMILES string of the molecule is Cc1ccc(CN2CCCN(Cc3noc(C)n3)CC2)c(C)c1. The average molecular weight is 314 g/mol. The van der Waals surface area contributed by atoms with Gasteiger partial charge in [-0.2, -0.15) is 4.98 Å². The first kappa shape index (κ1) is 16.1. The molecule has 1 saturated heterocycles. The molecule has 1 aliphatic rings. The maximum absolute atomic E-state index is 5.06.